The van der Waals surface area contributed by atoms with E-state index in [0.717, 1.165) is 111 Å². The number of amidine groups is 4. The van der Waals surface area contributed by atoms with Gasteiger partial charge in [-0.1, -0.05) is 146 Å². The van der Waals surface area contributed by atoms with E-state index in [1.807, 2.05) is 12.1 Å². The SMILES string of the molecule is O.c1ccc(-c2ccc3c(c2)C2=NC3=Nc3c4cc(-c5ccccc5)ccc4c4[n]3[Al][n]3c(c5ccc(-c6ccccc6)cc5c3=NC3=NC(=N4)c4cc(-c5ccccc5)ccc43)=N2)cc1. The van der Waals surface area contributed by atoms with Crippen LogP contribution in [0.1, 0.15) is 22.3 Å². The number of aliphatic imine (C=N–C) groups is 4. The van der Waals surface area contributed by atoms with E-state index in [2.05, 4.69) is 189 Å². The molecule has 10 heteroatoms. The molecular weight excluding hydrogens is 828 g/mol. The van der Waals surface area contributed by atoms with Crippen molar-refractivity contribution in [2.75, 3.05) is 0 Å². The Morgan fingerprint density at radius 2 is 0.652 bits per heavy atom. The summed E-state index contributed by atoms with van der Waals surface area (Å²) >= 11 is -0.825. The minimum Gasteiger partial charge on any atom is -0.412 e. The molecule has 0 amide bonds. The van der Waals surface area contributed by atoms with Crippen LogP contribution in [-0.4, -0.2) is 51.6 Å². The minimum atomic E-state index is -0.825. The fraction of sp³-hybridized carbons (Fsp3) is 0. The van der Waals surface area contributed by atoms with Crippen LogP contribution in [0, 0.1) is 0 Å². The van der Waals surface area contributed by atoms with E-state index in [4.69, 9.17) is 30.0 Å². The molecule has 0 fully saturated rings. The van der Waals surface area contributed by atoms with Crippen LogP contribution in [-0.2, 0) is 0 Å². The van der Waals surface area contributed by atoms with Gasteiger partial charge in [0.25, 0.3) is 0 Å². The number of hydrogen-bond acceptors (Lipinski definition) is 6. The Bertz CT molecular complexity index is 3950. The van der Waals surface area contributed by atoms with Gasteiger partial charge in [-0.15, -0.1) is 0 Å². The second-order valence-corrected chi connectivity index (χ2v) is 17.9. The van der Waals surface area contributed by atoms with Crippen LogP contribution in [0.4, 0.5) is 11.6 Å². The van der Waals surface area contributed by atoms with Gasteiger partial charge in [-0.05, 0) is 93.0 Å². The van der Waals surface area contributed by atoms with Crippen molar-refractivity contribution in [2.45, 2.75) is 0 Å². The zero-order valence-corrected chi connectivity index (χ0v) is 36.3. The van der Waals surface area contributed by atoms with Gasteiger partial charge in [0.1, 0.15) is 22.6 Å². The van der Waals surface area contributed by atoms with E-state index in [-0.39, 0.29) is 5.48 Å². The number of rotatable bonds is 4. The zero-order chi connectivity index (χ0) is 42.6. The summed E-state index contributed by atoms with van der Waals surface area (Å²) in [4.78, 5) is 33.0. The summed E-state index contributed by atoms with van der Waals surface area (Å²) < 4.78 is 4.59. The lowest BCUT2D eigenvalue weighted by molar-refractivity contribution is 0.824. The second-order valence-electron chi connectivity index (χ2n) is 16.6. The van der Waals surface area contributed by atoms with Crippen LogP contribution in [0.3, 0.4) is 0 Å². The smallest absolute Gasteiger partial charge is 0.412 e. The number of benzene rings is 8. The van der Waals surface area contributed by atoms with Crippen molar-refractivity contribution in [1.29, 1.82) is 0 Å². The van der Waals surface area contributed by atoms with Gasteiger partial charge in [-0.3, -0.25) is 0 Å². The lowest BCUT2D eigenvalue weighted by atomic mass is 9.99. The lowest BCUT2D eigenvalue weighted by Gasteiger charge is -2.11. The van der Waals surface area contributed by atoms with Crippen LogP contribution >= 0.6 is 0 Å². The molecule has 6 heterocycles. The molecule has 0 atom stereocenters. The first-order chi connectivity index (χ1) is 32.2. The van der Waals surface area contributed by atoms with Gasteiger partial charge >= 0.3 is 15.7 Å². The second kappa shape index (κ2) is 14.8. The molecule has 9 nitrogen and oxygen atoms in total. The molecular formula is C56H34AlN8O. The van der Waals surface area contributed by atoms with Gasteiger partial charge in [0.2, 0.25) is 0 Å². The number of aromatic nitrogens is 2. The summed E-state index contributed by atoms with van der Waals surface area (Å²) in [5.74, 6) is 4.05. The zero-order valence-electron chi connectivity index (χ0n) is 35.1. The van der Waals surface area contributed by atoms with E-state index in [9.17, 15) is 0 Å². The summed E-state index contributed by atoms with van der Waals surface area (Å²) in [5, 5.41) is 3.93. The number of fused-ring (bicyclic) bond motifs is 14. The Balaban J connectivity index is 0.00000435. The average Bonchev–Trinajstić information content (AvgIpc) is 4.07. The van der Waals surface area contributed by atoms with Gasteiger partial charge < -0.3 is 12.6 Å². The highest BCUT2D eigenvalue weighted by atomic mass is 27.1. The van der Waals surface area contributed by atoms with Gasteiger partial charge in [-0.2, -0.15) is 0 Å². The number of nitrogens with zero attached hydrogens (tertiary/aromatic N) is 8. The minimum absolute atomic E-state index is 0. The molecule has 2 N–H and O–H groups in total. The quantitative estimate of drug-likeness (QED) is 0.157. The van der Waals surface area contributed by atoms with Crippen molar-refractivity contribution >= 4 is 72.2 Å². The summed E-state index contributed by atoms with van der Waals surface area (Å²) in [6.07, 6.45) is 0. The fourth-order valence-corrected chi connectivity index (χ4v) is 11.1. The Hall–Kier alpha value is -8.39. The summed E-state index contributed by atoms with van der Waals surface area (Å²) in [6.45, 7) is 0. The molecule has 0 aliphatic carbocycles. The van der Waals surface area contributed by atoms with Crippen molar-refractivity contribution < 1.29 is 5.48 Å². The highest BCUT2D eigenvalue weighted by Crippen LogP contribution is 2.42. The number of hydrogen-bond donors (Lipinski definition) is 0. The average molecular weight is 862 g/mol. The molecule has 6 bridgehead atoms. The van der Waals surface area contributed by atoms with Gasteiger partial charge in [0.15, 0.2) is 23.3 Å². The topological polar surface area (TPSA) is 116 Å². The Morgan fingerprint density at radius 1 is 0.273 bits per heavy atom. The predicted octanol–water partition coefficient (Wildman–Crippen LogP) is 10.3. The Labute approximate surface area is 384 Å². The van der Waals surface area contributed by atoms with Gasteiger partial charge in [0, 0.05) is 43.8 Å². The Kier molecular flexibility index (Phi) is 8.57. The highest BCUT2D eigenvalue weighted by molar-refractivity contribution is 6.37. The molecule has 2 aromatic heterocycles. The van der Waals surface area contributed by atoms with E-state index < -0.39 is 15.7 Å². The summed E-state index contributed by atoms with van der Waals surface area (Å²) in [7, 11) is 0. The molecule has 0 unspecified atom stereocenters. The molecule has 0 saturated carbocycles. The first-order valence-electron chi connectivity index (χ1n) is 21.7. The monoisotopic (exact) mass is 861 g/mol. The Morgan fingerprint density at radius 3 is 1.17 bits per heavy atom. The molecule has 0 spiro atoms. The predicted molar refractivity (Wildman–Crippen MR) is 266 cm³/mol. The van der Waals surface area contributed by atoms with E-state index >= 15 is 0 Å². The summed E-state index contributed by atoms with van der Waals surface area (Å²) in [5.41, 5.74) is 14.2. The first-order valence-corrected chi connectivity index (χ1v) is 22.7. The molecule has 307 valence electrons. The normalized spacial score (nSPS) is 13.8. The van der Waals surface area contributed by atoms with E-state index in [1.165, 1.54) is 0 Å². The van der Waals surface area contributed by atoms with Crippen molar-refractivity contribution in [3.05, 3.63) is 227 Å². The molecule has 66 heavy (non-hydrogen) atoms. The molecule has 14 rings (SSSR count). The van der Waals surface area contributed by atoms with Crippen LogP contribution in [0.15, 0.2) is 224 Å². The van der Waals surface area contributed by atoms with Crippen molar-refractivity contribution in [1.82, 2.24) is 7.10 Å². The van der Waals surface area contributed by atoms with E-state index in [1.54, 1.807) is 0 Å². The first kappa shape index (κ1) is 38.1. The molecule has 4 aliphatic rings. The highest BCUT2D eigenvalue weighted by Gasteiger charge is 2.31. The van der Waals surface area contributed by atoms with Crippen LogP contribution in [0.5, 0.6) is 0 Å². The fourth-order valence-electron chi connectivity index (χ4n) is 9.63. The van der Waals surface area contributed by atoms with Crippen LogP contribution in [0.25, 0.3) is 66.1 Å². The maximum absolute atomic E-state index is 5.59. The standard InChI is InChI=1S/C56H32N8.Al.H2O/c1-5-13-33(14-6-1)37-21-25-41-45(29-37)53-57-49(41)62-54-47-31-39(35-17-9-3-10-18-35)23-27-43(47)51(59-54)64-56-48-32-40(36-19-11-4-12-20-36)24-28-44(48)52(60-56)63-55-46-30-38(34-15-7-2-8-16-34)22-26-42(46)50(58-55)61-53;;/h1-32H;;1H2/q-2;+2;. The van der Waals surface area contributed by atoms with Gasteiger partial charge in [-0.25, -0.2) is 30.0 Å². The molecule has 1 radical (unpaired) electrons. The van der Waals surface area contributed by atoms with E-state index in [0.29, 0.717) is 23.3 Å². The molecule has 4 aliphatic heterocycles. The third-order valence-corrected chi connectivity index (χ3v) is 14.3. The maximum atomic E-state index is 5.59. The largest absolute Gasteiger partial charge is 0.568 e. The lowest BCUT2D eigenvalue weighted by Crippen LogP contribution is -2.36. The molecule has 10 aromatic rings. The summed E-state index contributed by atoms with van der Waals surface area (Å²) in [6, 6.07) is 68.3. The molecule has 8 aromatic carbocycles. The third-order valence-electron chi connectivity index (χ3n) is 12.8. The van der Waals surface area contributed by atoms with Crippen LogP contribution < -0.4 is 11.0 Å². The molecule has 0 saturated heterocycles. The van der Waals surface area contributed by atoms with Gasteiger partial charge in [0.05, 0.1) is 0 Å². The van der Waals surface area contributed by atoms with Crippen molar-refractivity contribution in [3.63, 3.8) is 0 Å². The maximum Gasteiger partial charge on any atom is 0.568 e. The van der Waals surface area contributed by atoms with Crippen LogP contribution in [0.2, 0.25) is 0 Å². The van der Waals surface area contributed by atoms with Crippen molar-refractivity contribution in [2.24, 2.45) is 30.0 Å². The van der Waals surface area contributed by atoms with Crippen molar-refractivity contribution in [3.8, 4) is 44.5 Å². The third kappa shape index (κ3) is 5.90.